The van der Waals surface area contributed by atoms with Crippen molar-refractivity contribution in [2.75, 3.05) is 33.6 Å². The van der Waals surface area contributed by atoms with Crippen LogP contribution >= 0.6 is 24.0 Å². The molecule has 0 aliphatic rings. The number of nitrogens with one attached hydrogen (secondary N) is 1. The van der Waals surface area contributed by atoms with Crippen LogP contribution in [0, 0.1) is 0 Å². The van der Waals surface area contributed by atoms with Crippen molar-refractivity contribution in [3.63, 3.8) is 0 Å². The van der Waals surface area contributed by atoms with Crippen LogP contribution in [0.4, 0.5) is 5.69 Å². The second-order valence-electron chi connectivity index (χ2n) is 5.79. The zero-order chi connectivity index (χ0) is 19.1. The van der Waals surface area contributed by atoms with Gasteiger partial charge in [0.05, 0.1) is 20.8 Å². The number of aliphatic imine (C=N–C) groups is 1. The quantitative estimate of drug-likeness (QED) is 0.374. The lowest BCUT2D eigenvalue weighted by atomic mass is 10.1. The van der Waals surface area contributed by atoms with Crippen LogP contribution in [-0.2, 0) is 6.54 Å². The minimum Gasteiger partial charge on any atom is -0.493 e. The minimum atomic E-state index is -0.0327. The highest BCUT2D eigenvalue weighted by atomic mass is 127. The molecule has 0 heterocycles. The van der Waals surface area contributed by atoms with Gasteiger partial charge in [-0.1, -0.05) is 12.1 Å². The monoisotopic (exact) mass is 484 g/mol. The number of hydrogen-bond acceptors (Lipinski definition) is 4. The highest BCUT2D eigenvalue weighted by Crippen LogP contribution is 2.29. The number of halogens is 1. The van der Waals surface area contributed by atoms with Gasteiger partial charge in [-0.15, -0.1) is 24.0 Å². The molecule has 7 nitrogen and oxygen atoms in total. The summed E-state index contributed by atoms with van der Waals surface area (Å²) < 4.78 is 10.5. The van der Waals surface area contributed by atoms with Gasteiger partial charge in [0.15, 0.2) is 17.5 Å². The number of anilines is 1. The molecule has 2 aromatic carbocycles. The molecule has 2 aromatic rings. The second-order valence-corrected chi connectivity index (χ2v) is 5.79. The lowest BCUT2D eigenvalue weighted by Gasteiger charge is -2.11. The Bertz CT molecular complexity index is 792. The van der Waals surface area contributed by atoms with Crippen LogP contribution in [-0.4, -0.2) is 45.1 Å². The highest BCUT2D eigenvalue weighted by Gasteiger charge is 2.07. The van der Waals surface area contributed by atoms with E-state index in [2.05, 4.69) is 10.3 Å². The zero-order valence-electron chi connectivity index (χ0n) is 15.9. The molecule has 0 unspecified atom stereocenters. The van der Waals surface area contributed by atoms with E-state index in [0.29, 0.717) is 23.6 Å². The number of nitrogens with zero attached hydrogens (tertiary/aromatic N) is 2. The van der Waals surface area contributed by atoms with Crippen molar-refractivity contribution in [1.29, 1.82) is 0 Å². The predicted octanol–water partition coefficient (Wildman–Crippen LogP) is 2.95. The number of ether oxygens (including phenoxy) is 2. The number of nitrogens with two attached hydrogens (primary N) is 1. The van der Waals surface area contributed by atoms with Crippen LogP contribution in [0.5, 0.6) is 11.5 Å². The van der Waals surface area contributed by atoms with E-state index in [4.69, 9.17) is 15.2 Å². The van der Waals surface area contributed by atoms with Gasteiger partial charge in [-0.2, -0.15) is 0 Å². The highest BCUT2D eigenvalue weighted by molar-refractivity contribution is 14.0. The number of hydrogen-bond donors (Lipinski definition) is 2. The predicted molar refractivity (Wildman–Crippen MR) is 118 cm³/mol. The van der Waals surface area contributed by atoms with Gasteiger partial charge in [0.1, 0.15) is 0 Å². The summed E-state index contributed by atoms with van der Waals surface area (Å²) in [6.07, 6.45) is 0. The van der Waals surface area contributed by atoms with Crippen molar-refractivity contribution in [3.8, 4) is 11.5 Å². The molecule has 0 saturated carbocycles. The van der Waals surface area contributed by atoms with E-state index in [1.54, 1.807) is 52.6 Å². The first kappa shape index (κ1) is 22.6. The summed E-state index contributed by atoms with van der Waals surface area (Å²) in [5.41, 5.74) is 8.28. The van der Waals surface area contributed by atoms with Crippen molar-refractivity contribution >= 4 is 41.5 Å². The van der Waals surface area contributed by atoms with Gasteiger partial charge in [0.2, 0.25) is 0 Å². The normalized spacial score (nSPS) is 10.6. The van der Waals surface area contributed by atoms with Gasteiger partial charge in [-0.05, 0) is 29.8 Å². The number of carbonyl (C=O) groups excluding carboxylic acids is 1. The molecule has 27 heavy (non-hydrogen) atoms. The molecule has 0 aromatic heterocycles. The summed E-state index contributed by atoms with van der Waals surface area (Å²) >= 11 is 0. The Morgan fingerprint density at radius 3 is 2.26 bits per heavy atom. The number of amides is 1. The fourth-order valence-corrected chi connectivity index (χ4v) is 2.29. The van der Waals surface area contributed by atoms with Crippen LogP contribution < -0.4 is 20.5 Å². The first-order valence-electron chi connectivity index (χ1n) is 8.04. The lowest BCUT2D eigenvalue weighted by Crippen LogP contribution is -2.22. The van der Waals surface area contributed by atoms with E-state index in [9.17, 15) is 4.79 Å². The summed E-state index contributed by atoms with van der Waals surface area (Å²) in [7, 11) is 6.60. The molecule has 2 rings (SSSR count). The third-order valence-corrected chi connectivity index (χ3v) is 3.69. The van der Waals surface area contributed by atoms with Gasteiger partial charge in [0.25, 0.3) is 5.91 Å². The zero-order valence-corrected chi connectivity index (χ0v) is 18.2. The SMILES string of the molecule is COc1ccc(NC(N)=NCc2ccc(C(=O)N(C)C)cc2)cc1OC.I. The lowest BCUT2D eigenvalue weighted by molar-refractivity contribution is 0.0827. The van der Waals surface area contributed by atoms with E-state index < -0.39 is 0 Å². The first-order chi connectivity index (χ1) is 12.4. The molecular formula is C19H25IN4O3. The van der Waals surface area contributed by atoms with Gasteiger partial charge in [0, 0.05) is 31.4 Å². The van der Waals surface area contributed by atoms with Crippen molar-refractivity contribution in [3.05, 3.63) is 53.6 Å². The average Bonchev–Trinajstić information content (AvgIpc) is 2.66. The van der Waals surface area contributed by atoms with Crippen LogP contribution in [0.2, 0.25) is 0 Å². The van der Waals surface area contributed by atoms with E-state index in [0.717, 1.165) is 11.3 Å². The molecule has 0 saturated heterocycles. The summed E-state index contributed by atoms with van der Waals surface area (Å²) in [5, 5.41) is 3.01. The maximum absolute atomic E-state index is 11.9. The van der Waals surface area contributed by atoms with Crippen LogP contribution in [0.3, 0.4) is 0 Å². The van der Waals surface area contributed by atoms with Gasteiger partial charge >= 0.3 is 0 Å². The van der Waals surface area contributed by atoms with E-state index in [1.807, 2.05) is 18.2 Å². The standard InChI is InChI=1S/C19H24N4O3.HI/c1-23(2)18(24)14-7-5-13(6-8-14)12-21-19(20)22-15-9-10-16(25-3)17(11-15)26-4;/h5-11H,12H2,1-4H3,(H3,20,21,22);1H. The molecule has 3 N–H and O–H groups in total. The molecule has 0 spiro atoms. The van der Waals surface area contributed by atoms with Gasteiger partial charge in [-0.25, -0.2) is 4.99 Å². The van der Waals surface area contributed by atoms with Gasteiger partial charge in [-0.3, -0.25) is 4.79 Å². The van der Waals surface area contributed by atoms with Crippen LogP contribution in [0.25, 0.3) is 0 Å². The Labute approximate surface area is 176 Å². The van der Waals surface area contributed by atoms with Crippen molar-refractivity contribution < 1.29 is 14.3 Å². The number of carbonyl (C=O) groups is 1. The molecule has 0 fully saturated rings. The number of benzene rings is 2. The molecule has 0 aliphatic heterocycles. The van der Waals surface area contributed by atoms with E-state index >= 15 is 0 Å². The molecule has 146 valence electrons. The molecule has 0 bridgehead atoms. The molecule has 8 heteroatoms. The van der Waals surface area contributed by atoms with Crippen molar-refractivity contribution in [2.45, 2.75) is 6.54 Å². The Morgan fingerprint density at radius 2 is 1.70 bits per heavy atom. The largest absolute Gasteiger partial charge is 0.493 e. The molecule has 0 aliphatic carbocycles. The Kier molecular flexibility index (Phi) is 8.86. The maximum atomic E-state index is 11.9. The smallest absolute Gasteiger partial charge is 0.253 e. The van der Waals surface area contributed by atoms with Crippen molar-refractivity contribution in [2.24, 2.45) is 10.7 Å². The fraction of sp³-hybridized carbons (Fsp3) is 0.263. The third kappa shape index (κ3) is 6.31. The summed E-state index contributed by atoms with van der Waals surface area (Å²) in [6.45, 7) is 0.405. The topological polar surface area (TPSA) is 89.2 Å². The van der Waals surface area contributed by atoms with E-state index in [1.165, 1.54) is 4.90 Å². The Balaban J connectivity index is 0.00000364. The summed E-state index contributed by atoms with van der Waals surface area (Å²) in [6, 6.07) is 12.7. The van der Waals surface area contributed by atoms with Gasteiger partial charge < -0.3 is 25.4 Å². The average molecular weight is 484 g/mol. The molecule has 0 atom stereocenters. The number of rotatable bonds is 6. The summed E-state index contributed by atoms with van der Waals surface area (Å²) in [5.74, 6) is 1.49. The fourth-order valence-electron chi connectivity index (χ4n) is 2.29. The van der Waals surface area contributed by atoms with Crippen LogP contribution in [0.1, 0.15) is 15.9 Å². The minimum absolute atomic E-state index is 0. The second kappa shape index (κ2) is 10.6. The van der Waals surface area contributed by atoms with Crippen LogP contribution in [0.15, 0.2) is 47.5 Å². The van der Waals surface area contributed by atoms with Crippen molar-refractivity contribution in [1.82, 2.24) is 4.90 Å². The van der Waals surface area contributed by atoms with E-state index in [-0.39, 0.29) is 35.8 Å². The summed E-state index contributed by atoms with van der Waals surface area (Å²) in [4.78, 5) is 17.7. The Morgan fingerprint density at radius 1 is 1.07 bits per heavy atom. The molecule has 0 radical (unpaired) electrons. The third-order valence-electron chi connectivity index (χ3n) is 3.69. The first-order valence-corrected chi connectivity index (χ1v) is 8.04. The number of guanidine groups is 1. The maximum Gasteiger partial charge on any atom is 0.253 e. The molecule has 1 amide bonds. The number of methoxy groups -OCH3 is 2. The Hall–Kier alpha value is -2.49. The molecular weight excluding hydrogens is 459 g/mol.